The minimum atomic E-state index is -0.242. The van der Waals surface area contributed by atoms with Gasteiger partial charge in [-0.25, -0.2) is 4.98 Å². The molecule has 1 saturated heterocycles. The van der Waals surface area contributed by atoms with E-state index in [0.29, 0.717) is 24.9 Å². The fraction of sp³-hybridized carbons (Fsp3) is 0.647. The topological polar surface area (TPSA) is 92.4 Å². The van der Waals surface area contributed by atoms with Crippen molar-refractivity contribution in [1.82, 2.24) is 14.9 Å². The van der Waals surface area contributed by atoms with Crippen molar-refractivity contribution in [2.75, 3.05) is 25.4 Å². The number of aromatic nitrogens is 2. The number of piperidine rings is 1. The Morgan fingerprint density at radius 1 is 1.44 bits per heavy atom. The monoisotopic (exact) mass is 367 g/mol. The number of rotatable bonds is 7. The van der Waals surface area contributed by atoms with Crippen molar-refractivity contribution in [3.8, 4) is 0 Å². The highest BCUT2D eigenvalue weighted by Crippen LogP contribution is 2.20. The molecule has 2 heterocycles. The van der Waals surface area contributed by atoms with Crippen LogP contribution in [0.15, 0.2) is 16.0 Å². The molecule has 0 unspecified atom stereocenters. The van der Waals surface area contributed by atoms with Gasteiger partial charge in [-0.05, 0) is 26.2 Å². The van der Waals surface area contributed by atoms with Gasteiger partial charge in [-0.2, -0.15) is 0 Å². The lowest BCUT2D eigenvalue weighted by Gasteiger charge is -2.31. The smallest absolute Gasteiger partial charge is 0.310 e. The molecule has 0 aliphatic carbocycles. The van der Waals surface area contributed by atoms with Crippen LogP contribution in [0.3, 0.4) is 0 Å². The Hall–Kier alpha value is -1.83. The van der Waals surface area contributed by atoms with Gasteiger partial charge in [0.15, 0.2) is 5.16 Å². The van der Waals surface area contributed by atoms with Crippen molar-refractivity contribution in [2.24, 2.45) is 5.92 Å². The lowest BCUT2D eigenvalue weighted by molar-refractivity contribution is -0.151. The Bertz CT molecular complexity index is 662. The molecule has 1 amide bonds. The number of carbonyl (C=O) groups is 2. The number of hydrogen-bond acceptors (Lipinski definition) is 6. The number of aryl methyl sites for hydroxylation is 1. The number of ether oxygens (including phenoxy) is 1. The van der Waals surface area contributed by atoms with Crippen LogP contribution in [0.5, 0.6) is 0 Å². The maximum atomic E-state index is 12.4. The number of amides is 1. The zero-order valence-electron chi connectivity index (χ0n) is 14.7. The number of nitrogens with zero attached hydrogens (tertiary/aromatic N) is 2. The minimum absolute atomic E-state index is 0.0532. The largest absolute Gasteiger partial charge is 0.466 e. The van der Waals surface area contributed by atoms with Gasteiger partial charge in [0.2, 0.25) is 5.91 Å². The van der Waals surface area contributed by atoms with Crippen molar-refractivity contribution in [1.29, 1.82) is 0 Å². The van der Waals surface area contributed by atoms with E-state index in [-0.39, 0.29) is 29.1 Å². The maximum Gasteiger partial charge on any atom is 0.310 e. The summed E-state index contributed by atoms with van der Waals surface area (Å²) < 4.78 is 5.06. The second kappa shape index (κ2) is 9.60. The van der Waals surface area contributed by atoms with Crippen molar-refractivity contribution in [2.45, 2.75) is 44.7 Å². The summed E-state index contributed by atoms with van der Waals surface area (Å²) in [5.41, 5.74) is 0.537. The van der Waals surface area contributed by atoms with E-state index in [9.17, 15) is 14.4 Å². The third-order valence-electron chi connectivity index (χ3n) is 4.01. The van der Waals surface area contributed by atoms with E-state index in [1.54, 1.807) is 11.8 Å². The minimum Gasteiger partial charge on any atom is -0.466 e. The van der Waals surface area contributed by atoms with E-state index < -0.39 is 0 Å². The van der Waals surface area contributed by atoms with Gasteiger partial charge < -0.3 is 14.6 Å². The van der Waals surface area contributed by atoms with Crippen LogP contribution >= 0.6 is 11.8 Å². The zero-order chi connectivity index (χ0) is 18.2. The summed E-state index contributed by atoms with van der Waals surface area (Å²) in [6.07, 6.45) is 3.19. The molecule has 2 rings (SSSR count). The molecule has 0 saturated carbocycles. The van der Waals surface area contributed by atoms with E-state index in [1.807, 2.05) is 6.92 Å². The summed E-state index contributed by atoms with van der Waals surface area (Å²) >= 11 is 1.22. The molecular weight excluding hydrogens is 342 g/mol. The number of aromatic amines is 1. The first-order valence-electron chi connectivity index (χ1n) is 8.71. The molecule has 1 N–H and O–H groups in total. The Morgan fingerprint density at radius 3 is 2.96 bits per heavy atom. The van der Waals surface area contributed by atoms with Gasteiger partial charge in [-0.3, -0.25) is 14.4 Å². The average Bonchev–Trinajstić information content (AvgIpc) is 2.60. The quantitative estimate of drug-likeness (QED) is 0.447. The normalized spacial score (nSPS) is 17.4. The standard InChI is InChI=1S/C17H25N3O4S/c1-3-6-13-9-14(21)19-17(18-13)25-11-15(22)20-8-5-7-12(10-20)16(23)24-4-2/h9,12H,3-8,10-11H2,1-2H3,(H,18,19,21)/t12-/m0/s1. The molecule has 1 atom stereocenters. The molecule has 138 valence electrons. The Morgan fingerprint density at radius 2 is 2.24 bits per heavy atom. The predicted molar refractivity (Wildman–Crippen MR) is 95.5 cm³/mol. The van der Waals surface area contributed by atoms with Crippen LogP contribution < -0.4 is 5.56 Å². The fourth-order valence-corrected chi connectivity index (χ4v) is 3.61. The summed E-state index contributed by atoms with van der Waals surface area (Å²) in [6, 6.07) is 1.49. The number of H-pyrrole nitrogens is 1. The molecule has 0 aromatic carbocycles. The first-order chi connectivity index (χ1) is 12.0. The van der Waals surface area contributed by atoms with E-state index in [4.69, 9.17) is 4.74 Å². The molecule has 1 aliphatic rings. The molecular formula is C17H25N3O4S. The SMILES string of the molecule is CCCc1cc(=O)[nH]c(SCC(=O)N2CCC[C@H](C(=O)OCC)C2)n1. The maximum absolute atomic E-state index is 12.4. The Labute approximate surface area is 151 Å². The molecule has 1 fully saturated rings. The Balaban J connectivity index is 1.91. The molecule has 0 bridgehead atoms. The summed E-state index contributed by atoms with van der Waals surface area (Å²) in [7, 11) is 0. The van der Waals surface area contributed by atoms with Crippen LogP contribution in [0.4, 0.5) is 0 Å². The van der Waals surface area contributed by atoms with Gasteiger partial charge in [0.1, 0.15) is 0 Å². The summed E-state index contributed by atoms with van der Waals surface area (Å²) in [5, 5.41) is 0.461. The highest BCUT2D eigenvalue weighted by Gasteiger charge is 2.29. The van der Waals surface area contributed by atoms with Crippen molar-refractivity contribution in [3.63, 3.8) is 0 Å². The van der Waals surface area contributed by atoms with Gasteiger partial charge in [0.25, 0.3) is 5.56 Å². The van der Waals surface area contributed by atoms with Gasteiger partial charge in [0, 0.05) is 24.8 Å². The predicted octanol–water partition coefficient (Wildman–Crippen LogP) is 1.62. The molecule has 1 aromatic rings. The van der Waals surface area contributed by atoms with E-state index in [1.165, 1.54) is 17.8 Å². The fourth-order valence-electron chi connectivity index (χ4n) is 2.81. The average molecular weight is 367 g/mol. The lowest BCUT2D eigenvalue weighted by atomic mass is 9.98. The van der Waals surface area contributed by atoms with Crippen molar-refractivity contribution >= 4 is 23.6 Å². The number of carbonyl (C=O) groups excluding carboxylic acids is 2. The molecule has 7 nitrogen and oxygen atoms in total. The second-order valence-corrected chi connectivity index (χ2v) is 6.98. The van der Waals surface area contributed by atoms with Crippen LogP contribution in [0.25, 0.3) is 0 Å². The second-order valence-electron chi connectivity index (χ2n) is 6.01. The summed E-state index contributed by atoms with van der Waals surface area (Å²) in [4.78, 5) is 44.7. The Kier molecular flexibility index (Phi) is 7.49. The molecule has 1 aliphatic heterocycles. The van der Waals surface area contributed by atoms with Gasteiger partial charge in [0.05, 0.1) is 18.3 Å². The summed E-state index contributed by atoms with van der Waals surface area (Å²) in [6.45, 7) is 5.20. The van der Waals surface area contributed by atoms with E-state index >= 15 is 0 Å². The number of esters is 1. The van der Waals surface area contributed by atoms with Crippen LogP contribution in [0.1, 0.15) is 38.8 Å². The van der Waals surface area contributed by atoms with Crippen molar-refractivity contribution in [3.05, 3.63) is 22.1 Å². The van der Waals surface area contributed by atoms with E-state index in [0.717, 1.165) is 31.4 Å². The zero-order valence-corrected chi connectivity index (χ0v) is 15.6. The lowest BCUT2D eigenvalue weighted by Crippen LogP contribution is -2.43. The van der Waals surface area contributed by atoms with Crippen molar-refractivity contribution < 1.29 is 14.3 Å². The van der Waals surface area contributed by atoms with Crippen LogP contribution in [-0.4, -0.2) is 52.2 Å². The molecule has 8 heteroatoms. The first kappa shape index (κ1) is 19.5. The number of thioether (sulfide) groups is 1. The number of hydrogen-bond donors (Lipinski definition) is 1. The van der Waals surface area contributed by atoms with Crippen LogP contribution in [0, 0.1) is 5.92 Å². The van der Waals surface area contributed by atoms with Crippen LogP contribution in [0.2, 0.25) is 0 Å². The third kappa shape index (κ3) is 5.88. The highest BCUT2D eigenvalue weighted by molar-refractivity contribution is 7.99. The molecule has 1 aromatic heterocycles. The van der Waals surface area contributed by atoms with Gasteiger partial charge >= 0.3 is 5.97 Å². The van der Waals surface area contributed by atoms with E-state index in [2.05, 4.69) is 9.97 Å². The number of likely N-dealkylation sites (tertiary alicyclic amines) is 1. The van der Waals surface area contributed by atoms with Crippen LogP contribution in [-0.2, 0) is 20.7 Å². The summed E-state index contributed by atoms with van der Waals surface area (Å²) in [5.74, 6) is -0.337. The van der Waals surface area contributed by atoms with Gasteiger partial charge in [-0.1, -0.05) is 25.1 Å². The first-order valence-corrected chi connectivity index (χ1v) is 9.69. The van der Waals surface area contributed by atoms with Gasteiger partial charge in [-0.15, -0.1) is 0 Å². The highest BCUT2D eigenvalue weighted by atomic mass is 32.2. The number of nitrogens with one attached hydrogen (secondary N) is 1. The molecule has 0 spiro atoms. The third-order valence-corrected chi connectivity index (χ3v) is 4.86. The molecule has 25 heavy (non-hydrogen) atoms. The molecule has 0 radical (unpaired) electrons.